The minimum Gasteiger partial charge on any atom is -0.452 e. The minimum atomic E-state index is -0.515. The molecule has 0 unspecified atom stereocenters. The molecule has 0 saturated heterocycles. The molecule has 0 radical (unpaired) electrons. The van der Waals surface area contributed by atoms with Crippen LogP contribution in [0.4, 0.5) is 5.69 Å². The van der Waals surface area contributed by atoms with Gasteiger partial charge >= 0.3 is 5.97 Å². The Hall–Kier alpha value is -2.53. The smallest absolute Gasteiger partial charge is 0.330 e. The lowest BCUT2D eigenvalue weighted by Gasteiger charge is -2.10. The molecule has 2 aromatic carbocycles. The lowest BCUT2D eigenvalue weighted by Crippen LogP contribution is -2.20. The molecule has 2 aromatic rings. The van der Waals surface area contributed by atoms with Gasteiger partial charge in [0, 0.05) is 15.9 Å². The summed E-state index contributed by atoms with van der Waals surface area (Å²) in [5.74, 6) is -0.881. The van der Waals surface area contributed by atoms with Crippen LogP contribution in [0, 0.1) is 0 Å². The first-order valence-corrected chi connectivity index (χ1v) is 8.45. The molecule has 0 aliphatic rings. The molecule has 0 fully saturated rings. The van der Waals surface area contributed by atoms with Gasteiger partial charge in [-0.05, 0) is 30.7 Å². The fourth-order valence-electron chi connectivity index (χ4n) is 1.86. The Morgan fingerprint density at radius 3 is 2.54 bits per heavy atom. The Bertz CT molecular complexity index is 714. The second kappa shape index (κ2) is 9.57. The van der Waals surface area contributed by atoms with Gasteiger partial charge in [-0.1, -0.05) is 55.1 Å². The molecule has 0 aromatic heterocycles. The average molecular weight is 341 g/mol. The van der Waals surface area contributed by atoms with Crippen LogP contribution in [0.15, 0.2) is 76.5 Å². The highest BCUT2D eigenvalue weighted by Gasteiger charge is 2.09. The van der Waals surface area contributed by atoms with E-state index in [1.54, 1.807) is 17.8 Å². The predicted octanol–water partition coefficient (Wildman–Crippen LogP) is 4.29. The number of carbonyl (C=O) groups is 2. The van der Waals surface area contributed by atoms with Crippen LogP contribution in [0.2, 0.25) is 0 Å². The third-order valence-electron chi connectivity index (χ3n) is 2.97. The summed E-state index contributed by atoms with van der Waals surface area (Å²) in [7, 11) is 0. The second-order valence-corrected chi connectivity index (χ2v) is 5.99. The minimum absolute atomic E-state index is 0.308. The van der Waals surface area contributed by atoms with E-state index in [0.29, 0.717) is 5.69 Å². The van der Waals surface area contributed by atoms with E-state index in [2.05, 4.69) is 5.32 Å². The van der Waals surface area contributed by atoms with E-state index < -0.39 is 5.97 Å². The molecule has 0 saturated carbocycles. The Balaban J connectivity index is 1.96. The van der Waals surface area contributed by atoms with Gasteiger partial charge in [-0.25, -0.2) is 4.79 Å². The van der Waals surface area contributed by atoms with Crippen molar-refractivity contribution in [3.63, 3.8) is 0 Å². The number of para-hydroxylation sites is 1. The van der Waals surface area contributed by atoms with Gasteiger partial charge in [0.05, 0.1) is 5.69 Å². The fraction of sp³-hybridized carbons (Fsp3) is 0.158. The molecule has 1 N–H and O–H groups in total. The summed E-state index contributed by atoms with van der Waals surface area (Å²) in [6.07, 6.45) is 3.75. The van der Waals surface area contributed by atoms with Gasteiger partial charge in [-0.15, -0.1) is 0 Å². The normalized spacial score (nSPS) is 10.5. The summed E-state index contributed by atoms with van der Waals surface area (Å²) in [4.78, 5) is 25.4. The standard InChI is InChI=1S/C19H19NO3S/c1-2-3-13-19(22)23-14-18(21)20-16-11-7-8-12-17(16)24-15-9-5-4-6-10-15/h3-13H,2,14H2,1H3,(H,20,21)/b13-3+. The van der Waals surface area contributed by atoms with Crippen molar-refractivity contribution in [1.82, 2.24) is 0 Å². The lowest BCUT2D eigenvalue weighted by atomic mass is 10.3. The molecule has 1 amide bonds. The Kier molecular flexibility index (Phi) is 7.11. The number of carbonyl (C=O) groups excluding carboxylic acids is 2. The zero-order valence-corrected chi connectivity index (χ0v) is 14.2. The summed E-state index contributed by atoms with van der Waals surface area (Å²) < 4.78 is 4.89. The molecule has 2 rings (SSSR count). The molecule has 0 atom stereocenters. The molecule has 124 valence electrons. The summed E-state index contributed by atoms with van der Waals surface area (Å²) in [5.41, 5.74) is 0.691. The Morgan fingerprint density at radius 2 is 1.79 bits per heavy atom. The molecule has 0 spiro atoms. The van der Waals surface area contributed by atoms with Crippen LogP contribution >= 0.6 is 11.8 Å². The zero-order valence-electron chi connectivity index (χ0n) is 13.4. The number of hydrogen-bond donors (Lipinski definition) is 1. The summed E-state index contributed by atoms with van der Waals surface area (Å²) >= 11 is 1.56. The van der Waals surface area contributed by atoms with Crippen LogP contribution in [0.25, 0.3) is 0 Å². The maximum absolute atomic E-state index is 12.0. The molecule has 0 aliphatic heterocycles. The number of ether oxygens (including phenoxy) is 1. The van der Waals surface area contributed by atoms with Gasteiger partial charge in [-0.3, -0.25) is 4.79 Å². The van der Waals surface area contributed by atoms with Crippen molar-refractivity contribution in [2.75, 3.05) is 11.9 Å². The number of hydrogen-bond acceptors (Lipinski definition) is 4. The predicted molar refractivity (Wildman–Crippen MR) is 96.0 cm³/mol. The van der Waals surface area contributed by atoms with Crippen LogP contribution in [-0.2, 0) is 14.3 Å². The number of esters is 1. The van der Waals surface area contributed by atoms with Gasteiger partial charge < -0.3 is 10.1 Å². The highest BCUT2D eigenvalue weighted by Crippen LogP contribution is 2.33. The first-order chi connectivity index (χ1) is 11.7. The number of nitrogens with one attached hydrogen (secondary N) is 1. The van der Waals surface area contributed by atoms with Crippen molar-refractivity contribution in [3.8, 4) is 0 Å². The van der Waals surface area contributed by atoms with E-state index >= 15 is 0 Å². The highest BCUT2D eigenvalue weighted by atomic mass is 32.2. The first-order valence-electron chi connectivity index (χ1n) is 7.64. The molecule has 4 nitrogen and oxygen atoms in total. The van der Waals surface area contributed by atoms with E-state index in [1.807, 2.05) is 61.5 Å². The van der Waals surface area contributed by atoms with Crippen molar-refractivity contribution in [1.29, 1.82) is 0 Å². The number of amides is 1. The van der Waals surface area contributed by atoms with E-state index in [-0.39, 0.29) is 12.5 Å². The summed E-state index contributed by atoms with van der Waals surface area (Å²) in [5, 5.41) is 2.78. The second-order valence-electron chi connectivity index (χ2n) is 4.88. The highest BCUT2D eigenvalue weighted by molar-refractivity contribution is 7.99. The molecular formula is C19H19NO3S. The fourth-order valence-corrected chi connectivity index (χ4v) is 2.78. The molecular weight excluding hydrogens is 322 g/mol. The molecule has 0 heterocycles. The van der Waals surface area contributed by atoms with E-state index in [1.165, 1.54) is 6.08 Å². The van der Waals surface area contributed by atoms with Gasteiger partial charge in [0.15, 0.2) is 6.61 Å². The number of rotatable bonds is 7. The van der Waals surface area contributed by atoms with Crippen molar-refractivity contribution in [2.24, 2.45) is 0 Å². The van der Waals surface area contributed by atoms with Gasteiger partial charge in [0.1, 0.15) is 0 Å². The summed E-state index contributed by atoms with van der Waals surface area (Å²) in [6.45, 7) is 1.61. The van der Waals surface area contributed by atoms with Crippen LogP contribution in [0.5, 0.6) is 0 Å². The van der Waals surface area contributed by atoms with Gasteiger partial charge in [0.2, 0.25) is 0 Å². The van der Waals surface area contributed by atoms with Crippen molar-refractivity contribution < 1.29 is 14.3 Å². The van der Waals surface area contributed by atoms with Crippen molar-refractivity contribution in [2.45, 2.75) is 23.1 Å². The molecule has 24 heavy (non-hydrogen) atoms. The number of anilines is 1. The van der Waals surface area contributed by atoms with E-state index in [4.69, 9.17) is 4.74 Å². The lowest BCUT2D eigenvalue weighted by molar-refractivity contribution is -0.142. The van der Waals surface area contributed by atoms with Crippen LogP contribution < -0.4 is 5.32 Å². The molecule has 5 heteroatoms. The SMILES string of the molecule is CC/C=C/C(=O)OCC(=O)Nc1ccccc1Sc1ccccc1. The number of benzene rings is 2. The van der Waals surface area contributed by atoms with Crippen molar-refractivity contribution >= 4 is 29.3 Å². The van der Waals surface area contributed by atoms with Crippen LogP contribution in [0.3, 0.4) is 0 Å². The van der Waals surface area contributed by atoms with Gasteiger partial charge in [0.25, 0.3) is 5.91 Å². The molecule has 0 bridgehead atoms. The molecule has 0 aliphatic carbocycles. The first kappa shape index (κ1) is 17.8. The maximum atomic E-state index is 12.0. The maximum Gasteiger partial charge on any atom is 0.330 e. The topological polar surface area (TPSA) is 55.4 Å². The average Bonchev–Trinajstić information content (AvgIpc) is 2.61. The largest absolute Gasteiger partial charge is 0.452 e. The van der Waals surface area contributed by atoms with Crippen molar-refractivity contribution in [3.05, 3.63) is 66.7 Å². The quantitative estimate of drug-likeness (QED) is 0.603. The van der Waals surface area contributed by atoms with Crippen LogP contribution in [-0.4, -0.2) is 18.5 Å². The van der Waals surface area contributed by atoms with E-state index in [0.717, 1.165) is 16.2 Å². The Morgan fingerprint density at radius 1 is 1.08 bits per heavy atom. The van der Waals surface area contributed by atoms with E-state index in [9.17, 15) is 9.59 Å². The monoisotopic (exact) mass is 341 g/mol. The van der Waals surface area contributed by atoms with Gasteiger partial charge in [-0.2, -0.15) is 0 Å². The Labute approximate surface area is 145 Å². The third-order valence-corrected chi connectivity index (χ3v) is 4.05. The summed E-state index contributed by atoms with van der Waals surface area (Å²) in [6, 6.07) is 17.4. The number of allylic oxidation sites excluding steroid dienone is 1. The van der Waals surface area contributed by atoms with Crippen LogP contribution in [0.1, 0.15) is 13.3 Å². The third kappa shape index (κ3) is 5.93. The zero-order chi connectivity index (χ0) is 17.2.